The SMILES string of the molecule is O=C(Nc1ccccc1C(=O)NCc1cccnc1)c1ccc2c(c1)CCCC2. The van der Waals surface area contributed by atoms with Crippen molar-refractivity contribution in [2.75, 3.05) is 5.32 Å². The normalized spacial score (nSPS) is 12.7. The molecule has 5 heteroatoms. The molecule has 1 aliphatic rings. The summed E-state index contributed by atoms with van der Waals surface area (Å²) in [5, 5.41) is 5.78. The second-order valence-corrected chi connectivity index (χ2v) is 7.23. The zero-order valence-corrected chi connectivity index (χ0v) is 16.2. The predicted molar refractivity (Wildman–Crippen MR) is 113 cm³/mol. The van der Waals surface area contributed by atoms with Crippen molar-refractivity contribution in [3.05, 3.63) is 94.8 Å². The summed E-state index contributed by atoms with van der Waals surface area (Å²) < 4.78 is 0. The Labute approximate surface area is 170 Å². The third-order valence-electron chi connectivity index (χ3n) is 5.21. The number of nitrogens with zero attached hydrogens (tertiary/aromatic N) is 1. The number of rotatable bonds is 5. The van der Waals surface area contributed by atoms with E-state index < -0.39 is 0 Å². The summed E-state index contributed by atoms with van der Waals surface area (Å²) in [7, 11) is 0. The first kappa shape index (κ1) is 18.9. The monoisotopic (exact) mass is 385 g/mol. The van der Waals surface area contributed by atoms with Gasteiger partial charge in [-0.1, -0.05) is 24.3 Å². The number of para-hydroxylation sites is 1. The van der Waals surface area contributed by atoms with Gasteiger partial charge in [0.2, 0.25) is 0 Å². The third-order valence-corrected chi connectivity index (χ3v) is 5.21. The molecule has 1 aromatic heterocycles. The Hall–Kier alpha value is -3.47. The minimum Gasteiger partial charge on any atom is -0.348 e. The molecule has 3 aromatic rings. The lowest BCUT2D eigenvalue weighted by Gasteiger charge is -2.17. The van der Waals surface area contributed by atoms with Crippen LogP contribution in [0.15, 0.2) is 67.0 Å². The Balaban J connectivity index is 1.48. The third kappa shape index (κ3) is 4.51. The Kier molecular flexibility index (Phi) is 5.66. The van der Waals surface area contributed by atoms with Crippen molar-refractivity contribution in [2.24, 2.45) is 0 Å². The number of pyridine rings is 1. The van der Waals surface area contributed by atoms with E-state index in [4.69, 9.17) is 0 Å². The lowest BCUT2D eigenvalue weighted by atomic mass is 9.90. The molecule has 146 valence electrons. The molecule has 0 bridgehead atoms. The van der Waals surface area contributed by atoms with E-state index in [1.165, 1.54) is 17.5 Å². The molecule has 1 aliphatic carbocycles. The summed E-state index contributed by atoms with van der Waals surface area (Å²) in [5.41, 5.74) is 5.06. The topological polar surface area (TPSA) is 71.1 Å². The van der Waals surface area contributed by atoms with Crippen molar-refractivity contribution >= 4 is 17.5 Å². The molecule has 4 rings (SSSR count). The first-order chi connectivity index (χ1) is 14.2. The van der Waals surface area contributed by atoms with Crippen LogP contribution >= 0.6 is 0 Å². The van der Waals surface area contributed by atoms with Gasteiger partial charge in [-0.2, -0.15) is 0 Å². The average molecular weight is 385 g/mol. The average Bonchev–Trinajstić information content (AvgIpc) is 2.78. The van der Waals surface area contributed by atoms with Crippen LogP contribution in [0, 0.1) is 0 Å². The number of fused-ring (bicyclic) bond motifs is 1. The van der Waals surface area contributed by atoms with Crippen LogP contribution in [0.5, 0.6) is 0 Å². The molecular weight excluding hydrogens is 362 g/mol. The number of amides is 2. The fraction of sp³-hybridized carbons (Fsp3) is 0.208. The number of carbonyl (C=O) groups excluding carboxylic acids is 2. The van der Waals surface area contributed by atoms with Crippen LogP contribution in [0.4, 0.5) is 5.69 Å². The summed E-state index contributed by atoms with van der Waals surface area (Å²) in [6.07, 6.45) is 7.87. The van der Waals surface area contributed by atoms with Crippen molar-refractivity contribution < 1.29 is 9.59 Å². The molecule has 29 heavy (non-hydrogen) atoms. The van der Waals surface area contributed by atoms with Gasteiger partial charge in [0.1, 0.15) is 0 Å². The molecule has 0 saturated heterocycles. The zero-order chi connectivity index (χ0) is 20.1. The van der Waals surface area contributed by atoms with Gasteiger partial charge < -0.3 is 10.6 Å². The summed E-state index contributed by atoms with van der Waals surface area (Å²) in [6, 6.07) is 16.7. The number of nitrogens with one attached hydrogen (secondary N) is 2. The van der Waals surface area contributed by atoms with Crippen molar-refractivity contribution in [3.63, 3.8) is 0 Å². The summed E-state index contributed by atoms with van der Waals surface area (Å²) in [6.45, 7) is 0.375. The highest BCUT2D eigenvalue weighted by molar-refractivity contribution is 6.09. The van der Waals surface area contributed by atoms with Crippen LogP contribution in [0.25, 0.3) is 0 Å². The second kappa shape index (κ2) is 8.69. The largest absolute Gasteiger partial charge is 0.348 e. The Bertz CT molecular complexity index is 1030. The highest BCUT2D eigenvalue weighted by atomic mass is 16.2. The summed E-state index contributed by atoms with van der Waals surface area (Å²) >= 11 is 0. The van der Waals surface area contributed by atoms with Crippen LogP contribution in [0.3, 0.4) is 0 Å². The molecule has 5 nitrogen and oxygen atoms in total. The lowest BCUT2D eigenvalue weighted by molar-refractivity contribution is 0.0951. The van der Waals surface area contributed by atoms with E-state index in [0.29, 0.717) is 23.4 Å². The van der Waals surface area contributed by atoms with Crippen LogP contribution < -0.4 is 10.6 Å². The van der Waals surface area contributed by atoms with Gasteiger partial charge in [0, 0.05) is 24.5 Å². The zero-order valence-electron chi connectivity index (χ0n) is 16.2. The van der Waals surface area contributed by atoms with E-state index in [0.717, 1.165) is 24.8 Å². The maximum atomic E-state index is 12.8. The minimum absolute atomic E-state index is 0.203. The van der Waals surface area contributed by atoms with Crippen LogP contribution in [0.1, 0.15) is 50.2 Å². The molecule has 0 aliphatic heterocycles. The first-order valence-corrected chi connectivity index (χ1v) is 9.90. The molecular formula is C24H23N3O2. The van der Waals surface area contributed by atoms with E-state index in [2.05, 4.69) is 21.7 Å². The lowest BCUT2D eigenvalue weighted by Crippen LogP contribution is -2.25. The molecule has 2 N–H and O–H groups in total. The maximum Gasteiger partial charge on any atom is 0.255 e. The number of carbonyl (C=O) groups is 2. The van der Waals surface area contributed by atoms with Gasteiger partial charge in [0.25, 0.3) is 11.8 Å². The minimum atomic E-state index is -0.241. The molecule has 0 spiro atoms. The quantitative estimate of drug-likeness (QED) is 0.693. The fourth-order valence-corrected chi connectivity index (χ4v) is 3.64. The number of aryl methyl sites for hydroxylation is 2. The molecule has 0 fully saturated rings. The van der Waals surface area contributed by atoms with Crippen LogP contribution in [-0.2, 0) is 19.4 Å². The van der Waals surface area contributed by atoms with E-state index >= 15 is 0 Å². The number of aromatic nitrogens is 1. The van der Waals surface area contributed by atoms with Crippen LogP contribution in [-0.4, -0.2) is 16.8 Å². The van der Waals surface area contributed by atoms with Crippen molar-refractivity contribution in [1.29, 1.82) is 0 Å². The van der Waals surface area contributed by atoms with Gasteiger partial charge in [-0.05, 0) is 72.7 Å². The molecule has 1 heterocycles. The van der Waals surface area contributed by atoms with E-state index in [-0.39, 0.29) is 11.8 Å². The molecule has 0 radical (unpaired) electrons. The standard InChI is InChI=1S/C24H23N3O2/c28-23(20-12-11-18-7-1-2-8-19(18)14-20)27-22-10-4-3-9-21(22)24(29)26-16-17-6-5-13-25-15-17/h3-6,9-15H,1-2,7-8,16H2,(H,26,29)(H,27,28). The van der Waals surface area contributed by atoms with Gasteiger partial charge in [0.05, 0.1) is 11.3 Å². The number of hydrogen-bond acceptors (Lipinski definition) is 3. The summed E-state index contributed by atoms with van der Waals surface area (Å²) in [5.74, 6) is -0.443. The smallest absolute Gasteiger partial charge is 0.255 e. The number of hydrogen-bond donors (Lipinski definition) is 2. The Morgan fingerprint density at radius 1 is 0.897 bits per heavy atom. The van der Waals surface area contributed by atoms with Gasteiger partial charge in [-0.25, -0.2) is 0 Å². The number of benzene rings is 2. The van der Waals surface area contributed by atoms with Gasteiger partial charge in [0.15, 0.2) is 0 Å². The first-order valence-electron chi connectivity index (χ1n) is 9.90. The predicted octanol–water partition coefficient (Wildman–Crippen LogP) is 4.14. The van der Waals surface area contributed by atoms with E-state index in [9.17, 15) is 9.59 Å². The summed E-state index contributed by atoms with van der Waals surface area (Å²) in [4.78, 5) is 29.5. The van der Waals surface area contributed by atoms with E-state index in [1.807, 2.05) is 24.3 Å². The highest BCUT2D eigenvalue weighted by Crippen LogP contribution is 2.23. The molecule has 2 aromatic carbocycles. The van der Waals surface area contributed by atoms with Gasteiger partial charge in [-0.3, -0.25) is 14.6 Å². The highest BCUT2D eigenvalue weighted by Gasteiger charge is 2.16. The molecule has 2 amide bonds. The van der Waals surface area contributed by atoms with E-state index in [1.54, 1.807) is 36.7 Å². The molecule has 0 unspecified atom stereocenters. The van der Waals surface area contributed by atoms with Gasteiger partial charge >= 0.3 is 0 Å². The van der Waals surface area contributed by atoms with Crippen molar-refractivity contribution in [1.82, 2.24) is 10.3 Å². The van der Waals surface area contributed by atoms with Crippen molar-refractivity contribution in [2.45, 2.75) is 32.2 Å². The second-order valence-electron chi connectivity index (χ2n) is 7.23. The Morgan fingerprint density at radius 3 is 2.55 bits per heavy atom. The Morgan fingerprint density at radius 2 is 1.72 bits per heavy atom. The number of anilines is 1. The molecule has 0 atom stereocenters. The van der Waals surface area contributed by atoms with Crippen LogP contribution in [0.2, 0.25) is 0 Å². The fourth-order valence-electron chi connectivity index (χ4n) is 3.64. The maximum absolute atomic E-state index is 12.8. The van der Waals surface area contributed by atoms with Crippen molar-refractivity contribution in [3.8, 4) is 0 Å². The molecule has 0 saturated carbocycles. The van der Waals surface area contributed by atoms with Gasteiger partial charge in [-0.15, -0.1) is 0 Å².